The molecule has 0 aliphatic heterocycles. The minimum Gasteiger partial charge on any atom is -0.508 e. The molecule has 2 heteroatoms. The molecule has 1 N–H and O–H groups in total. The van der Waals surface area contributed by atoms with Crippen LogP contribution in [-0.2, 0) is 12.8 Å². The second-order valence-electron chi connectivity index (χ2n) is 6.38. The minimum atomic E-state index is 0.358. The van der Waals surface area contributed by atoms with E-state index in [-0.39, 0.29) is 0 Å². The van der Waals surface area contributed by atoms with Crippen molar-refractivity contribution in [3.05, 3.63) is 53.6 Å². The lowest BCUT2D eigenvalue weighted by Crippen LogP contribution is -1.99. The average molecular weight is 326 g/mol. The van der Waals surface area contributed by atoms with Gasteiger partial charge in [-0.2, -0.15) is 0 Å². The Bertz CT molecular complexity index is 605. The summed E-state index contributed by atoms with van der Waals surface area (Å²) < 4.78 is 6.19. The monoisotopic (exact) mass is 326 g/mol. The third-order valence-electron chi connectivity index (χ3n) is 4.33. The van der Waals surface area contributed by atoms with Crippen LogP contribution >= 0.6 is 0 Å². The van der Waals surface area contributed by atoms with Gasteiger partial charge in [0, 0.05) is 5.56 Å². The van der Waals surface area contributed by atoms with E-state index in [1.54, 1.807) is 0 Å². The second kappa shape index (κ2) is 10.0. The van der Waals surface area contributed by atoms with Crippen LogP contribution in [0, 0.1) is 0 Å². The van der Waals surface area contributed by atoms with Crippen LogP contribution in [0.25, 0.3) is 0 Å². The first-order valence-corrected chi connectivity index (χ1v) is 9.32. The largest absolute Gasteiger partial charge is 0.508 e. The minimum absolute atomic E-state index is 0.358. The van der Waals surface area contributed by atoms with E-state index >= 15 is 0 Å². The van der Waals surface area contributed by atoms with Crippen LogP contribution in [0.2, 0.25) is 0 Å². The first kappa shape index (κ1) is 18.4. The smallest absolute Gasteiger partial charge is 0.137 e. The number of hydrogen-bond donors (Lipinski definition) is 1. The molecule has 24 heavy (non-hydrogen) atoms. The zero-order valence-electron chi connectivity index (χ0n) is 15.1. The lowest BCUT2D eigenvalue weighted by Gasteiger charge is -2.17. The number of rotatable bonds is 10. The third-order valence-corrected chi connectivity index (χ3v) is 4.33. The zero-order valence-corrected chi connectivity index (χ0v) is 15.1. The van der Waals surface area contributed by atoms with Gasteiger partial charge in [-0.1, -0.05) is 70.2 Å². The molecular weight excluding hydrogens is 296 g/mol. The van der Waals surface area contributed by atoms with Gasteiger partial charge in [0.2, 0.25) is 0 Å². The molecule has 0 saturated carbocycles. The van der Waals surface area contributed by atoms with Crippen molar-refractivity contribution in [2.45, 2.75) is 65.2 Å². The molecule has 2 nitrogen and oxygen atoms in total. The summed E-state index contributed by atoms with van der Waals surface area (Å²) in [5, 5.41) is 10.4. The molecular formula is C22H30O2. The highest BCUT2D eigenvalue weighted by Gasteiger charge is 2.15. The Labute approximate surface area is 146 Å². The molecule has 0 radical (unpaired) electrons. The summed E-state index contributed by atoms with van der Waals surface area (Å²) in [5.41, 5.74) is 2.14. The first-order valence-electron chi connectivity index (χ1n) is 9.32. The highest BCUT2D eigenvalue weighted by Crippen LogP contribution is 2.37. The predicted molar refractivity (Wildman–Crippen MR) is 101 cm³/mol. The van der Waals surface area contributed by atoms with Crippen LogP contribution < -0.4 is 4.74 Å². The number of hydrogen-bond acceptors (Lipinski definition) is 2. The number of aromatic hydroxyl groups is 1. The molecule has 0 aliphatic carbocycles. The van der Waals surface area contributed by atoms with Crippen LogP contribution in [0.1, 0.15) is 63.5 Å². The molecule has 130 valence electrons. The molecule has 0 aliphatic rings. The van der Waals surface area contributed by atoms with E-state index in [1.165, 1.54) is 31.2 Å². The van der Waals surface area contributed by atoms with E-state index in [2.05, 4.69) is 13.8 Å². The molecule has 0 spiro atoms. The van der Waals surface area contributed by atoms with Crippen LogP contribution in [0.3, 0.4) is 0 Å². The number of para-hydroxylation sites is 1. The van der Waals surface area contributed by atoms with Crippen molar-refractivity contribution in [1.29, 1.82) is 0 Å². The van der Waals surface area contributed by atoms with Gasteiger partial charge < -0.3 is 9.84 Å². The maximum atomic E-state index is 10.4. The maximum absolute atomic E-state index is 10.4. The van der Waals surface area contributed by atoms with E-state index in [1.807, 2.05) is 42.5 Å². The average Bonchev–Trinajstić information content (AvgIpc) is 2.60. The van der Waals surface area contributed by atoms with Crippen molar-refractivity contribution in [3.8, 4) is 17.2 Å². The summed E-state index contributed by atoms with van der Waals surface area (Å²) in [5.74, 6) is 2.04. The number of unbranched alkanes of at least 4 members (excludes halogenated alkanes) is 4. The molecule has 2 rings (SSSR count). The van der Waals surface area contributed by atoms with E-state index in [9.17, 15) is 5.11 Å². The van der Waals surface area contributed by atoms with Gasteiger partial charge in [0.1, 0.15) is 17.2 Å². The molecule has 0 saturated heterocycles. The number of aryl methyl sites for hydroxylation is 1. The zero-order chi connectivity index (χ0) is 17.2. The molecule has 0 unspecified atom stereocenters. The van der Waals surface area contributed by atoms with Crippen LogP contribution in [-0.4, -0.2) is 5.11 Å². The fourth-order valence-corrected chi connectivity index (χ4v) is 3.01. The Balaban J connectivity index is 2.20. The van der Waals surface area contributed by atoms with Gasteiger partial charge in [0.15, 0.2) is 0 Å². The molecule has 0 bridgehead atoms. The number of phenolic OH excluding ortho intramolecular Hbond substituents is 1. The fourth-order valence-electron chi connectivity index (χ4n) is 3.01. The van der Waals surface area contributed by atoms with Crippen molar-refractivity contribution < 1.29 is 9.84 Å². The Kier molecular flexibility index (Phi) is 7.67. The van der Waals surface area contributed by atoms with E-state index in [0.29, 0.717) is 5.75 Å². The molecule has 0 aromatic heterocycles. The molecule has 0 fully saturated rings. The third kappa shape index (κ3) is 5.30. The Morgan fingerprint density at radius 2 is 1.54 bits per heavy atom. The van der Waals surface area contributed by atoms with Crippen LogP contribution in [0.5, 0.6) is 17.2 Å². The standard InChI is InChI=1S/C22H30O2/c1-3-5-6-7-11-15-20-21(23)17-16-18(12-4-2)22(20)24-19-13-9-8-10-14-19/h8-10,13-14,16-17,23H,3-7,11-12,15H2,1-2H3. The molecule has 0 amide bonds. The topological polar surface area (TPSA) is 29.5 Å². The Morgan fingerprint density at radius 1 is 0.792 bits per heavy atom. The lowest BCUT2D eigenvalue weighted by molar-refractivity contribution is 0.437. The van der Waals surface area contributed by atoms with Crippen LogP contribution in [0.4, 0.5) is 0 Å². The van der Waals surface area contributed by atoms with Crippen molar-refractivity contribution in [2.24, 2.45) is 0 Å². The van der Waals surface area contributed by atoms with Gasteiger partial charge in [0.25, 0.3) is 0 Å². The van der Waals surface area contributed by atoms with Gasteiger partial charge in [-0.3, -0.25) is 0 Å². The summed E-state index contributed by atoms with van der Waals surface area (Å²) in [6, 6.07) is 13.7. The first-order chi connectivity index (χ1) is 11.8. The van der Waals surface area contributed by atoms with Gasteiger partial charge in [0.05, 0.1) is 0 Å². The number of phenols is 1. The summed E-state index contributed by atoms with van der Waals surface area (Å²) >= 11 is 0. The normalized spacial score (nSPS) is 10.8. The molecule has 0 heterocycles. The quantitative estimate of drug-likeness (QED) is 0.495. The summed E-state index contributed by atoms with van der Waals surface area (Å²) in [6.45, 7) is 4.40. The highest BCUT2D eigenvalue weighted by molar-refractivity contribution is 5.51. The molecule has 2 aromatic rings. The highest BCUT2D eigenvalue weighted by atomic mass is 16.5. The SMILES string of the molecule is CCCCCCCc1c(O)ccc(CCC)c1Oc1ccccc1. The van der Waals surface area contributed by atoms with Crippen molar-refractivity contribution in [3.63, 3.8) is 0 Å². The van der Waals surface area contributed by atoms with Gasteiger partial charge in [-0.15, -0.1) is 0 Å². The van der Waals surface area contributed by atoms with E-state index in [4.69, 9.17) is 4.74 Å². The van der Waals surface area contributed by atoms with E-state index < -0.39 is 0 Å². The number of benzene rings is 2. The lowest BCUT2D eigenvalue weighted by atomic mass is 9.99. The summed E-state index contributed by atoms with van der Waals surface area (Å²) in [4.78, 5) is 0. The van der Waals surface area contributed by atoms with E-state index in [0.717, 1.165) is 42.7 Å². The van der Waals surface area contributed by atoms with Gasteiger partial charge >= 0.3 is 0 Å². The second-order valence-corrected chi connectivity index (χ2v) is 6.38. The van der Waals surface area contributed by atoms with Gasteiger partial charge in [-0.05, 0) is 43.0 Å². The number of ether oxygens (including phenoxy) is 1. The van der Waals surface area contributed by atoms with Crippen molar-refractivity contribution in [2.75, 3.05) is 0 Å². The maximum Gasteiger partial charge on any atom is 0.137 e. The summed E-state index contributed by atoms with van der Waals surface area (Å²) in [7, 11) is 0. The molecule has 0 atom stereocenters. The predicted octanol–water partition coefficient (Wildman–Crippen LogP) is 6.65. The van der Waals surface area contributed by atoms with Crippen LogP contribution in [0.15, 0.2) is 42.5 Å². The summed E-state index contributed by atoms with van der Waals surface area (Å²) in [6.07, 6.45) is 8.99. The Morgan fingerprint density at radius 3 is 2.25 bits per heavy atom. The van der Waals surface area contributed by atoms with Gasteiger partial charge in [-0.25, -0.2) is 0 Å². The molecule has 2 aromatic carbocycles. The fraction of sp³-hybridized carbons (Fsp3) is 0.455. The Hall–Kier alpha value is -1.96. The van der Waals surface area contributed by atoms with Crippen molar-refractivity contribution >= 4 is 0 Å². The van der Waals surface area contributed by atoms with Crippen molar-refractivity contribution in [1.82, 2.24) is 0 Å².